The molecular weight excluding hydrogens is 567 g/mol. The number of carbonyl (C=O) groups excluding carboxylic acids is 3. The molecule has 0 unspecified atom stereocenters. The number of halogens is 1. The van der Waals surface area contributed by atoms with Crippen LogP contribution in [-0.4, -0.2) is 76.8 Å². The second-order valence-electron chi connectivity index (χ2n) is 13.5. The number of fused-ring (bicyclic) bond motifs is 5. The molecule has 44 heavy (non-hydrogen) atoms. The Kier molecular flexibility index (Phi) is 9.60. The number of nitrogens with one attached hydrogen (secondary N) is 1. The number of Topliss-reactive ketones (excluding diaryl/α,β-unsaturated/α-hetero) is 1. The molecule has 11 heteroatoms. The average Bonchev–Trinajstić information content (AvgIpc) is 3.55. The van der Waals surface area contributed by atoms with Crippen molar-refractivity contribution >= 4 is 28.8 Å². The molecule has 2 aromatic rings. The minimum atomic E-state index is -1.80. The summed E-state index contributed by atoms with van der Waals surface area (Å²) in [5, 5.41) is 2.78. The lowest BCUT2D eigenvalue weighted by Gasteiger charge is -2.35. The first-order chi connectivity index (χ1) is 21.0. The largest absolute Gasteiger partial charge is 0.497 e. The van der Waals surface area contributed by atoms with Crippen LogP contribution in [-0.2, 0) is 20.7 Å². The molecule has 1 aliphatic carbocycles. The van der Waals surface area contributed by atoms with Gasteiger partial charge in [-0.25, -0.2) is 19.2 Å². The van der Waals surface area contributed by atoms with Gasteiger partial charge in [0.15, 0.2) is 18.1 Å². The van der Waals surface area contributed by atoms with Crippen molar-refractivity contribution in [3.8, 4) is 11.6 Å². The summed E-state index contributed by atoms with van der Waals surface area (Å²) in [4.78, 5) is 50.7. The zero-order valence-electron chi connectivity index (χ0n) is 26.4. The van der Waals surface area contributed by atoms with Gasteiger partial charge in [-0.15, -0.1) is 0 Å². The normalized spacial score (nSPS) is 28.9. The molecule has 1 aromatic heterocycles. The number of alkyl carbamates (subject to hydrolysis) is 1. The van der Waals surface area contributed by atoms with Crippen molar-refractivity contribution in [3.63, 3.8) is 0 Å². The lowest BCUT2D eigenvalue weighted by atomic mass is 9.85. The maximum atomic E-state index is 16.1. The predicted octanol–water partition coefficient (Wildman–Crippen LogP) is 5.34. The van der Waals surface area contributed by atoms with Gasteiger partial charge in [-0.05, 0) is 68.9 Å². The molecule has 1 saturated heterocycles. The number of aromatic nitrogens is 2. The molecule has 240 valence electrons. The fourth-order valence-corrected chi connectivity index (χ4v) is 6.78. The van der Waals surface area contributed by atoms with Gasteiger partial charge in [0.05, 0.1) is 24.7 Å². The standard InChI is InChI=1S/C33H45FN4O6/c1-19(39)28-27(34)26-18-38(28)31(40)29(33(2,3)4)37-32(41)44-25-14-10-12-20(25)11-8-6-7-9-13-23-30(43-26)36-24-17-21(42-5)15-16-22(24)35-23/h15-17,20,25-29H,6-14,18H2,1-5H3,(H,37,41)/t20-,25-,26+,27-,28-,29-/m1/s1. The molecule has 10 nitrogen and oxygen atoms in total. The van der Waals surface area contributed by atoms with E-state index in [-0.39, 0.29) is 24.4 Å². The highest BCUT2D eigenvalue weighted by Crippen LogP contribution is 2.35. The van der Waals surface area contributed by atoms with Crippen LogP contribution in [0.5, 0.6) is 11.6 Å². The molecule has 3 aliphatic rings. The molecule has 1 saturated carbocycles. The SMILES string of the molecule is COc1ccc2nc3c(nc2c1)O[C@H]1CN(C(=O)[C@H](C(C)(C)C)NC(=O)O[C@@H]2CCC[C@H]2CCCCCC3)[C@H](C(C)=O)[C@@H]1F. The third-order valence-corrected chi connectivity index (χ3v) is 9.20. The number of ether oxygens (including phenoxy) is 3. The van der Waals surface area contributed by atoms with Crippen LogP contribution in [0.25, 0.3) is 11.0 Å². The topological polar surface area (TPSA) is 120 Å². The van der Waals surface area contributed by atoms with Gasteiger partial charge in [0.2, 0.25) is 11.8 Å². The number of nitrogens with zero attached hydrogens (tertiary/aromatic N) is 3. The highest BCUT2D eigenvalue weighted by Gasteiger charge is 2.51. The van der Waals surface area contributed by atoms with Crippen molar-refractivity contribution in [1.29, 1.82) is 0 Å². The monoisotopic (exact) mass is 612 g/mol. The van der Waals surface area contributed by atoms with E-state index >= 15 is 4.39 Å². The summed E-state index contributed by atoms with van der Waals surface area (Å²) >= 11 is 0. The molecule has 0 radical (unpaired) electrons. The highest BCUT2D eigenvalue weighted by molar-refractivity contribution is 5.93. The van der Waals surface area contributed by atoms with Crippen LogP contribution < -0.4 is 14.8 Å². The summed E-state index contributed by atoms with van der Waals surface area (Å²) in [6.45, 7) is 6.52. The van der Waals surface area contributed by atoms with Gasteiger partial charge in [0, 0.05) is 6.07 Å². The van der Waals surface area contributed by atoms with Gasteiger partial charge in [0.1, 0.15) is 29.6 Å². The van der Waals surface area contributed by atoms with Crippen molar-refractivity contribution in [2.75, 3.05) is 13.7 Å². The number of carbonyl (C=O) groups is 3. The highest BCUT2D eigenvalue weighted by atomic mass is 19.1. The van der Waals surface area contributed by atoms with E-state index in [2.05, 4.69) is 5.32 Å². The average molecular weight is 613 g/mol. The number of alkyl halides is 1. The maximum Gasteiger partial charge on any atom is 0.408 e. The molecule has 6 atom stereocenters. The van der Waals surface area contributed by atoms with Crippen LogP contribution in [0.4, 0.5) is 9.18 Å². The number of amides is 2. The van der Waals surface area contributed by atoms with Crippen LogP contribution in [0.15, 0.2) is 18.2 Å². The minimum Gasteiger partial charge on any atom is -0.497 e. The minimum absolute atomic E-state index is 0.185. The van der Waals surface area contributed by atoms with Gasteiger partial charge < -0.3 is 24.4 Å². The van der Waals surface area contributed by atoms with Crippen LogP contribution in [0.1, 0.15) is 84.8 Å². The van der Waals surface area contributed by atoms with Crippen LogP contribution in [0.2, 0.25) is 0 Å². The van der Waals surface area contributed by atoms with Crippen molar-refractivity contribution in [2.45, 2.75) is 116 Å². The Morgan fingerprint density at radius 2 is 1.75 bits per heavy atom. The lowest BCUT2D eigenvalue weighted by molar-refractivity contribution is -0.141. The number of benzene rings is 1. The van der Waals surface area contributed by atoms with E-state index in [1.54, 1.807) is 13.2 Å². The van der Waals surface area contributed by atoms with Gasteiger partial charge in [-0.3, -0.25) is 9.59 Å². The van der Waals surface area contributed by atoms with Crippen molar-refractivity contribution in [1.82, 2.24) is 20.2 Å². The molecule has 1 N–H and O–H groups in total. The fourth-order valence-electron chi connectivity index (χ4n) is 6.78. The van der Waals surface area contributed by atoms with Crippen LogP contribution >= 0.6 is 0 Å². The summed E-state index contributed by atoms with van der Waals surface area (Å²) in [7, 11) is 1.56. The molecule has 2 fully saturated rings. The number of hydrogen-bond acceptors (Lipinski definition) is 8. The van der Waals surface area contributed by atoms with E-state index in [1.807, 2.05) is 32.9 Å². The first-order valence-corrected chi connectivity index (χ1v) is 15.9. The Morgan fingerprint density at radius 1 is 1.00 bits per heavy atom. The van der Waals surface area contributed by atoms with Crippen molar-refractivity contribution in [2.24, 2.45) is 11.3 Å². The molecule has 1 aromatic carbocycles. The summed E-state index contributed by atoms with van der Waals surface area (Å²) < 4.78 is 33.5. The second kappa shape index (κ2) is 13.2. The Hall–Kier alpha value is -3.50. The fraction of sp³-hybridized carbons (Fsp3) is 0.667. The van der Waals surface area contributed by atoms with Crippen molar-refractivity contribution in [3.05, 3.63) is 23.9 Å². The summed E-state index contributed by atoms with van der Waals surface area (Å²) in [6.07, 6.45) is 4.39. The third kappa shape index (κ3) is 6.91. The first-order valence-electron chi connectivity index (χ1n) is 15.9. The molecular formula is C33H45FN4O6. The molecule has 0 spiro atoms. The van der Waals surface area contributed by atoms with Gasteiger partial charge in [-0.2, -0.15) is 0 Å². The summed E-state index contributed by atoms with van der Waals surface area (Å²) in [6, 6.07) is 2.97. The van der Waals surface area contributed by atoms with Gasteiger partial charge in [-0.1, -0.05) is 40.0 Å². The molecule has 2 bridgehead atoms. The number of ketones is 1. The van der Waals surface area contributed by atoms with E-state index in [0.29, 0.717) is 28.9 Å². The number of aryl methyl sites for hydroxylation is 1. The Bertz CT molecular complexity index is 1380. The summed E-state index contributed by atoms with van der Waals surface area (Å²) in [5.41, 5.74) is 1.07. The van der Waals surface area contributed by atoms with Gasteiger partial charge in [0.25, 0.3) is 0 Å². The zero-order chi connectivity index (χ0) is 31.6. The molecule has 2 aliphatic heterocycles. The van der Waals surface area contributed by atoms with E-state index in [9.17, 15) is 14.4 Å². The molecule has 5 rings (SSSR count). The molecule has 2 amide bonds. The number of rotatable bonds is 2. The zero-order valence-corrected chi connectivity index (χ0v) is 26.4. The first kappa shape index (κ1) is 31.9. The molecule has 3 heterocycles. The smallest absolute Gasteiger partial charge is 0.408 e. The number of hydrogen-bond donors (Lipinski definition) is 1. The van der Waals surface area contributed by atoms with E-state index in [1.165, 1.54) is 11.8 Å². The van der Waals surface area contributed by atoms with Gasteiger partial charge >= 0.3 is 6.09 Å². The quantitative estimate of drug-likeness (QED) is 0.483. The Labute approximate surface area is 258 Å². The number of methoxy groups -OCH3 is 1. The van der Waals surface area contributed by atoms with Crippen LogP contribution in [0, 0.1) is 11.3 Å². The second-order valence-corrected chi connectivity index (χ2v) is 13.5. The Morgan fingerprint density at radius 3 is 2.48 bits per heavy atom. The third-order valence-electron chi connectivity index (χ3n) is 9.20. The predicted molar refractivity (Wildman–Crippen MR) is 162 cm³/mol. The lowest BCUT2D eigenvalue weighted by Crippen LogP contribution is -2.57. The van der Waals surface area contributed by atoms with E-state index < -0.39 is 47.6 Å². The van der Waals surface area contributed by atoms with Crippen LogP contribution in [0.3, 0.4) is 0 Å². The van der Waals surface area contributed by atoms with E-state index in [4.69, 9.17) is 24.2 Å². The summed E-state index contributed by atoms with van der Waals surface area (Å²) in [5.74, 6) is 0.0141. The maximum absolute atomic E-state index is 16.1. The van der Waals surface area contributed by atoms with E-state index in [0.717, 1.165) is 51.4 Å². The van der Waals surface area contributed by atoms with Crippen molar-refractivity contribution < 1.29 is 33.0 Å². The Balaban J connectivity index is 1.51.